The zero-order chi connectivity index (χ0) is 22.1. The van der Waals surface area contributed by atoms with E-state index < -0.39 is 0 Å². The van der Waals surface area contributed by atoms with E-state index in [1.165, 1.54) is 0 Å². The van der Waals surface area contributed by atoms with E-state index in [1.54, 1.807) is 24.3 Å². The van der Waals surface area contributed by atoms with Crippen molar-refractivity contribution in [2.24, 2.45) is 0 Å². The maximum atomic E-state index is 12.6. The maximum Gasteiger partial charge on any atom is 0.255 e. The molecular weight excluding hydrogens is 414 g/mol. The summed E-state index contributed by atoms with van der Waals surface area (Å²) in [7, 11) is 0. The second-order valence-corrected chi connectivity index (χ2v) is 7.41. The monoisotopic (exact) mass is 443 g/mol. The van der Waals surface area contributed by atoms with E-state index in [9.17, 15) is 4.79 Å². The van der Waals surface area contributed by atoms with Gasteiger partial charge in [-0.2, -0.15) is 0 Å². The lowest BCUT2D eigenvalue weighted by atomic mass is 10.2. The lowest BCUT2D eigenvalue weighted by molar-refractivity contribution is 0.102. The number of thiocarbonyl (C=S) groups is 1. The van der Waals surface area contributed by atoms with Gasteiger partial charge in [0.25, 0.3) is 5.91 Å². The minimum absolute atomic E-state index is 0.181. The minimum Gasteiger partial charge on any atom is -0.492 e. The zero-order valence-electron chi connectivity index (χ0n) is 17.9. The summed E-state index contributed by atoms with van der Waals surface area (Å²) < 4.78 is 17.2. The van der Waals surface area contributed by atoms with Crippen molar-refractivity contribution in [1.82, 2.24) is 5.32 Å². The first kappa shape index (κ1) is 22.8. The molecular formula is C23H29N3O4S. The Morgan fingerprint density at radius 1 is 1.06 bits per heavy atom. The summed E-state index contributed by atoms with van der Waals surface area (Å²) in [6.45, 7) is 6.15. The lowest BCUT2D eigenvalue weighted by Gasteiger charge is -2.19. The summed E-state index contributed by atoms with van der Waals surface area (Å²) in [5.74, 6) is 0.869. The van der Waals surface area contributed by atoms with Crippen LogP contribution in [0.4, 0.5) is 11.4 Å². The molecule has 2 aromatic rings. The van der Waals surface area contributed by atoms with E-state index in [2.05, 4.69) is 16.0 Å². The number of rotatable bonds is 9. The summed E-state index contributed by atoms with van der Waals surface area (Å²) in [5, 5.41) is 9.76. The van der Waals surface area contributed by atoms with Crippen LogP contribution in [-0.4, -0.2) is 43.5 Å². The van der Waals surface area contributed by atoms with Gasteiger partial charge in [-0.05, 0) is 51.0 Å². The molecule has 166 valence electrons. The minimum atomic E-state index is -0.224. The summed E-state index contributed by atoms with van der Waals surface area (Å²) in [6, 6.07) is 12.6. The zero-order valence-corrected chi connectivity index (χ0v) is 18.7. The predicted octanol–water partition coefficient (Wildman–Crippen LogP) is 4.20. The molecule has 1 atom stereocenters. The van der Waals surface area contributed by atoms with Gasteiger partial charge in [-0.1, -0.05) is 18.2 Å². The molecule has 0 spiro atoms. The smallest absolute Gasteiger partial charge is 0.255 e. The van der Waals surface area contributed by atoms with Crippen molar-refractivity contribution in [3.05, 3.63) is 48.0 Å². The van der Waals surface area contributed by atoms with Crippen molar-refractivity contribution in [2.45, 2.75) is 32.8 Å². The number of carbonyl (C=O) groups excluding carboxylic acids is 1. The number of anilines is 2. The maximum absolute atomic E-state index is 12.6. The number of hydrogen-bond acceptors (Lipinski definition) is 5. The standard InChI is InChI=1S/C23H29N3O4S/c1-3-28-20-14-19(26-23(31)24-15-17-11-8-12-30-17)21(29-4-2)13-18(20)25-22(27)16-9-6-5-7-10-16/h5-7,9-10,13-14,17H,3-4,8,11-12,15H2,1-2H3,(H,25,27)(H2,24,26,31)/t17-/m0/s1. The van der Waals surface area contributed by atoms with Gasteiger partial charge >= 0.3 is 0 Å². The Kier molecular flexibility index (Phi) is 8.49. The van der Waals surface area contributed by atoms with Gasteiger partial charge in [0.2, 0.25) is 0 Å². The highest BCUT2D eigenvalue weighted by atomic mass is 32.1. The molecule has 0 unspecified atom stereocenters. The Hall–Kier alpha value is -2.84. The number of nitrogens with one attached hydrogen (secondary N) is 3. The normalized spacial score (nSPS) is 15.2. The van der Waals surface area contributed by atoms with Gasteiger partial charge in [-0.15, -0.1) is 0 Å². The fraction of sp³-hybridized carbons (Fsp3) is 0.391. The van der Waals surface area contributed by atoms with Crippen LogP contribution in [0, 0.1) is 0 Å². The van der Waals surface area contributed by atoms with Gasteiger partial charge in [0, 0.05) is 30.8 Å². The molecule has 2 aromatic carbocycles. The van der Waals surface area contributed by atoms with Crippen LogP contribution >= 0.6 is 12.2 Å². The summed E-state index contributed by atoms with van der Waals surface area (Å²) in [5.41, 5.74) is 1.75. The second-order valence-electron chi connectivity index (χ2n) is 7.00. The Bertz CT molecular complexity index is 886. The molecule has 1 aliphatic rings. The molecule has 1 amide bonds. The average Bonchev–Trinajstić information content (AvgIpc) is 3.30. The average molecular weight is 444 g/mol. The summed E-state index contributed by atoms with van der Waals surface area (Å²) in [4.78, 5) is 12.6. The first-order chi connectivity index (χ1) is 15.1. The number of hydrogen-bond donors (Lipinski definition) is 3. The highest BCUT2D eigenvalue weighted by molar-refractivity contribution is 7.80. The third-order valence-electron chi connectivity index (χ3n) is 4.73. The molecule has 1 fully saturated rings. The number of benzene rings is 2. The summed E-state index contributed by atoms with van der Waals surface area (Å²) in [6.07, 6.45) is 2.29. The predicted molar refractivity (Wildman–Crippen MR) is 126 cm³/mol. The van der Waals surface area contributed by atoms with Gasteiger partial charge in [-0.3, -0.25) is 4.79 Å². The fourth-order valence-corrected chi connectivity index (χ4v) is 3.46. The van der Waals surface area contributed by atoms with E-state index in [4.69, 9.17) is 26.4 Å². The van der Waals surface area contributed by atoms with E-state index in [-0.39, 0.29) is 12.0 Å². The van der Waals surface area contributed by atoms with Crippen LogP contribution in [0.1, 0.15) is 37.0 Å². The van der Waals surface area contributed by atoms with Gasteiger partial charge < -0.3 is 30.2 Å². The lowest BCUT2D eigenvalue weighted by Crippen LogP contribution is -2.34. The Morgan fingerprint density at radius 3 is 2.29 bits per heavy atom. The molecule has 0 saturated carbocycles. The molecule has 0 aromatic heterocycles. The quantitative estimate of drug-likeness (QED) is 0.501. The van der Waals surface area contributed by atoms with E-state index in [0.717, 1.165) is 19.4 Å². The third-order valence-corrected chi connectivity index (χ3v) is 4.97. The molecule has 0 aliphatic carbocycles. The molecule has 1 saturated heterocycles. The van der Waals surface area contributed by atoms with E-state index >= 15 is 0 Å². The number of carbonyl (C=O) groups is 1. The van der Waals surface area contributed by atoms with Gasteiger partial charge in [-0.25, -0.2) is 0 Å². The Morgan fingerprint density at radius 2 is 1.71 bits per heavy atom. The largest absolute Gasteiger partial charge is 0.492 e. The van der Waals surface area contributed by atoms with Crippen LogP contribution in [0.3, 0.4) is 0 Å². The summed E-state index contributed by atoms with van der Waals surface area (Å²) >= 11 is 5.45. The van der Waals surface area contributed by atoms with Crippen LogP contribution in [0.5, 0.6) is 11.5 Å². The third kappa shape index (κ3) is 6.57. The van der Waals surface area contributed by atoms with Crippen molar-refractivity contribution in [1.29, 1.82) is 0 Å². The Labute approximate surface area is 188 Å². The molecule has 31 heavy (non-hydrogen) atoms. The Balaban J connectivity index is 1.77. The molecule has 0 bridgehead atoms. The molecule has 1 heterocycles. The second kappa shape index (κ2) is 11.5. The van der Waals surface area contributed by atoms with Crippen LogP contribution in [0.2, 0.25) is 0 Å². The van der Waals surface area contributed by atoms with Gasteiger partial charge in [0.1, 0.15) is 11.5 Å². The molecule has 3 N–H and O–H groups in total. The highest BCUT2D eigenvalue weighted by Crippen LogP contribution is 2.37. The molecule has 1 aliphatic heterocycles. The van der Waals surface area contributed by atoms with Crippen molar-refractivity contribution in [3.8, 4) is 11.5 Å². The van der Waals surface area contributed by atoms with E-state index in [0.29, 0.717) is 53.3 Å². The topological polar surface area (TPSA) is 80.8 Å². The fourth-order valence-electron chi connectivity index (χ4n) is 3.27. The molecule has 8 heteroatoms. The van der Waals surface area contributed by atoms with Crippen LogP contribution < -0.4 is 25.4 Å². The van der Waals surface area contributed by atoms with Crippen molar-refractivity contribution >= 4 is 34.6 Å². The van der Waals surface area contributed by atoms with Crippen molar-refractivity contribution < 1.29 is 19.0 Å². The SMILES string of the molecule is CCOc1cc(NC(=S)NC[C@@H]2CCCO2)c(OCC)cc1NC(=O)c1ccccc1. The van der Waals surface area contributed by atoms with Gasteiger partial charge in [0.15, 0.2) is 5.11 Å². The van der Waals surface area contributed by atoms with Crippen molar-refractivity contribution in [3.63, 3.8) is 0 Å². The number of amides is 1. The first-order valence-corrected chi connectivity index (χ1v) is 11.0. The van der Waals surface area contributed by atoms with Crippen LogP contribution in [-0.2, 0) is 4.74 Å². The van der Waals surface area contributed by atoms with Crippen LogP contribution in [0.25, 0.3) is 0 Å². The molecule has 3 rings (SSSR count). The number of ether oxygens (including phenoxy) is 3. The molecule has 7 nitrogen and oxygen atoms in total. The molecule has 0 radical (unpaired) electrons. The highest BCUT2D eigenvalue weighted by Gasteiger charge is 2.18. The van der Waals surface area contributed by atoms with Gasteiger partial charge in [0.05, 0.1) is 30.7 Å². The van der Waals surface area contributed by atoms with Crippen LogP contribution in [0.15, 0.2) is 42.5 Å². The first-order valence-electron chi connectivity index (χ1n) is 10.6. The van der Waals surface area contributed by atoms with Crippen molar-refractivity contribution in [2.75, 3.05) is 37.0 Å². The van der Waals surface area contributed by atoms with E-state index in [1.807, 2.05) is 32.0 Å².